The number of amides is 1. The van der Waals surface area contributed by atoms with E-state index in [9.17, 15) is 13.2 Å². The first-order chi connectivity index (χ1) is 12.5. The Kier molecular flexibility index (Phi) is 6.53. The van der Waals surface area contributed by atoms with Gasteiger partial charge in [-0.05, 0) is 64.0 Å². The number of aryl methyl sites for hydroxylation is 1. The van der Waals surface area contributed by atoms with Crippen molar-refractivity contribution < 1.29 is 13.2 Å². The Balaban J connectivity index is 1.54. The third kappa shape index (κ3) is 4.75. The van der Waals surface area contributed by atoms with Crippen LogP contribution in [0.25, 0.3) is 0 Å². The number of sulfonamides is 1. The molecule has 144 valence electrons. The molecule has 1 amide bonds. The highest BCUT2D eigenvalue weighted by Gasteiger charge is 2.33. The molecule has 1 fully saturated rings. The van der Waals surface area contributed by atoms with Crippen LogP contribution in [-0.4, -0.2) is 38.3 Å². The number of allylic oxidation sites excluding steroid dienone is 1. The number of hydrogen-bond acceptors (Lipinski definition) is 4. The van der Waals surface area contributed by atoms with Gasteiger partial charge < -0.3 is 5.32 Å². The van der Waals surface area contributed by atoms with Crippen molar-refractivity contribution in [2.24, 2.45) is 5.92 Å². The first-order valence-corrected chi connectivity index (χ1v) is 11.7. The predicted octanol–water partition coefficient (Wildman–Crippen LogP) is 3.46. The maximum atomic E-state index is 12.8. The molecule has 1 aliphatic carbocycles. The highest BCUT2D eigenvalue weighted by atomic mass is 32.2. The SMILES string of the molecule is Cc1ccc(S(=O)(=O)N2CCCC(C(=O)NCCC3=CCCCC3)C2)s1. The summed E-state index contributed by atoms with van der Waals surface area (Å²) in [5.74, 6) is -0.261. The maximum absolute atomic E-state index is 12.8. The Hall–Kier alpha value is -1.18. The third-order valence-electron chi connectivity index (χ3n) is 5.20. The van der Waals surface area contributed by atoms with Gasteiger partial charge in [-0.2, -0.15) is 4.31 Å². The molecule has 26 heavy (non-hydrogen) atoms. The monoisotopic (exact) mass is 396 g/mol. The van der Waals surface area contributed by atoms with Crippen LogP contribution in [0.1, 0.15) is 49.8 Å². The second kappa shape index (κ2) is 8.67. The van der Waals surface area contributed by atoms with E-state index in [4.69, 9.17) is 0 Å². The number of piperidine rings is 1. The molecule has 1 N–H and O–H groups in total. The fourth-order valence-electron chi connectivity index (χ4n) is 3.68. The van der Waals surface area contributed by atoms with Crippen LogP contribution in [0.15, 0.2) is 28.0 Å². The molecular formula is C19H28N2O3S2. The van der Waals surface area contributed by atoms with Gasteiger partial charge in [-0.1, -0.05) is 11.6 Å². The Morgan fingerprint density at radius 1 is 1.31 bits per heavy atom. The summed E-state index contributed by atoms with van der Waals surface area (Å²) in [5.41, 5.74) is 1.44. The number of hydrogen-bond donors (Lipinski definition) is 1. The van der Waals surface area contributed by atoms with Gasteiger partial charge in [0.2, 0.25) is 5.91 Å². The van der Waals surface area contributed by atoms with E-state index in [1.165, 1.54) is 34.1 Å². The summed E-state index contributed by atoms with van der Waals surface area (Å²) in [6.07, 6.45) is 9.51. The number of nitrogens with one attached hydrogen (secondary N) is 1. The molecule has 1 aromatic rings. The van der Waals surface area contributed by atoms with Crippen LogP contribution in [0.3, 0.4) is 0 Å². The zero-order valence-corrected chi connectivity index (χ0v) is 17.0. The Bertz CT molecular complexity index is 768. The van der Waals surface area contributed by atoms with Crippen molar-refractivity contribution in [1.82, 2.24) is 9.62 Å². The predicted molar refractivity (Wildman–Crippen MR) is 105 cm³/mol. The van der Waals surface area contributed by atoms with Crippen molar-refractivity contribution in [2.75, 3.05) is 19.6 Å². The van der Waals surface area contributed by atoms with E-state index in [0.717, 1.165) is 37.0 Å². The molecule has 1 unspecified atom stereocenters. The standard InChI is InChI=1S/C19H28N2O3S2/c1-15-9-10-18(25-15)26(23,24)21-13-5-8-17(14-21)19(22)20-12-11-16-6-3-2-4-7-16/h6,9-10,17H,2-5,7-8,11-14H2,1H3,(H,20,22). The maximum Gasteiger partial charge on any atom is 0.252 e. The fraction of sp³-hybridized carbons (Fsp3) is 0.632. The molecule has 0 spiro atoms. The van der Waals surface area contributed by atoms with E-state index in [-0.39, 0.29) is 18.4 Å². The third-order valence-corrected chi connectivity index (χ3v) is 8.53. The second-order valence-corrected chi connectivity index (χ2v) is 10.7. The summed E-state index contributed by atoms with van der Waals surface area (Å²) in [7, 11) is -3.48. The summed E-state index contributed by atoms with van der Waals surface area (Å²) in [5, 5.41) is 3.02. The van der Waals surface area contributed by atoms with Gasteiger partial charge in [-0.3, -0.25) is 4.79 Å². The molecule has 0 saturated carbocycles. The zero-order valence-electron chi connectivity index (χ0n) is 15.4. The molecule has 1 aromatic heterocycles. The lowest BCUT2D eigenvalue weighted by molar-refractivity contribution is -0.126. The smallest absolute Gasteiger partial charge is 0.252 e. The average Bonchev–Trinajstić information content (AvgIpc) is 3.10. The molecule has 1 saturated heterocycles. The molecular weight excluding hydrogens is 368 g/mol. The summed E-state index contributed by atoms with van der Waals surface area (Å²) in [6.45, 7) is 3.33. The van der Waals surface area contributed by atoms with E-state index in [1.54, 1.807) is 6.07 Å². The van der Waals surface area contributed by atoms with E-state index < -0.39 is 10.0 Å². The van der Waals surface area contributed by atoms with Crippen molar-refractivity contribution in [2.45, 2.75) is 56.1 Å². The second-order valence-electron chi connectivity index (χ2n) is 7.22. The molecule has 1 atom stereocenters. The lowest BCUT2D eigenvalue weighted by atomic mass is 9.96. The Labute approximate surface area is 160 Å². The van der Waals surface area contributed by atoms with Crippen LogP contribution in [0.5, 0.6) is 0 Å². The van der Waals surface area contributed by atoms with Crippen LogP contribution in [0, 0.1) is 12.8 Å². The number of rotatable bonds is 6. The Morgan fingerprint density at radius 3 is 2.85 bits per heavy atom. The van der Waals surface area contributed by atoms with Crippen molar-refractivity contribution in [1.29, 1.82) is 0 Å². The molecule has 2 heterocycles. The molecule has 5 nitrogen and oxygen atoms in total. The summed E-state index contributed by atoms with van der Waals surface area (Å²) in [4.78, 5) is 13.5. The van der Waals surface area contributed by atoms with E-state index in [0.29, 0.717) is 17.3 Å². The van der Waals surface area contributed by atoms with E-state index in [2.05, 4.69) is 11.4 Å². The highest BCUT2D eigenvalue weighted by Crippen LogP contribution is 2.28. The summed E-state index contributed by atoms with van der Waals surface area (Å²) >= 11 is 1.29. The lowest BCUT2D eigenvalue weighted by Crippen LogP contribution is -2.45. The molecule has 3 rings (SSSR count). The average molecular weight is 397 g/mol. The zero-order chi connectivity index (χ0) is 18.6. The van der Waals surface area contributed by atoms with E-state index >= 15 is 0 Å². The van der Waals surface area contributed by atoms with Gasteiger partial charge in [0, 0.05) is 24.5 Å². The Morgan fingerprint density at radius 2 is 2.15 bits per heavy atom. The molecule has 0 bridgehead atoms. The topological polar surface area (TPSA) is 66.5 Å². The minimum absolute atomic E-state index is 0.0105. The molecule has 7 heteroatoms. The van der Waals surface area contributed by atoms with Crippen molar-refractivity contribution in [3.63, 3.8) is 0 Å². The van der Waals surface area contributed by atoms with Gasteiger partial charge in [0.05, 0.1) is 5.92 Å². The van der Waals surface area contributed by atoms with Crippen LogP contribution in [-0.2, 0) is 14.8 Å². The van der Waals surface area contributed by atoms with Crippen molar-refractivity contribution >= 4 is 27.3 Å². The number of nitrogens with zero attached hydrogens (tertiary/aromatic N) is 1. The summed E-state index contributed by atoms with van der Waals surface area (Å²) < 4.78 is 27.4. The number of carbonyl (C=O) groups excluding carboxylic acids is 1. The van der Waals surface area contributed by atoms with Gasteiger partial charge >= 0.3 is 0 Å². The lowest BCUT2D eigenvalue weighted by Gasteiger charge is -2.30. The van der Waals surface area contributed by atoms with Gasteiger partial charge in [0.15, 0.2) is 0 Å². The van der Waals surface area contributed by atoms with E-state index in [1.807, 2.05) is 13.0 Å². The minimum atomic E-state index is -3.48. The number of thiophene rings is 1. The van der Waals surface area contributed by atoms with Crippen LogP contribution < -0.4 is 5.32 Å². The normalized spacial score (nSPS) is 22.0. The van der Waals surface area contributed by atoms with Crippen LogP contribution >= 0.6 is 11.3 Å². The van der Waals surface area contributed by atoms with Gasteiger partial charge in [0.25, 0.3) is 10.0 Å². The molecule has 0 aromatic carbocycles. The quantitative estimate of drug-likeness (QED) is 0.749. The minimum Gasteiger partial charge on any atom is -0.356 e. The summed E-state index contributed by atoms with van der Waals surface area (Å²) in [6, 6.07) is 3.49. The van der Waals surface area contributed by atoms with Gasteiger partial charge in [0.1, 0.15) is 4.21 Å². The highest BCUT2D eigenvalue weighted by molar-refractivity contribution is 7.91. The first-order valence-electron chi connectivity index (χ1n) is 9.49. The number of carbonyl (C=O) groups is 1. The largest absolute Gasteiger partial charge is 0.356 e. The van der Waals surface area contributed by atoms with Gasteiger partial charge in [-0.15, -0.1) is 11.3 Å². The van der Waals surface area contributed by atoms with Crippen molar-refractivity contribution in [3.05, 3.63) is 28.7 Å². The molecule has 0 radical (unpaired) electrons. The fourth-order valence-corrected chi connectivity index (χ4v) is 6.64. The first kappa shape index (κ1) is 19.6. The molecule has 1 aliphatic heterocycles. The van der Waals surface area contributed by atoms with Crippen molar-refractivity contribution in [3.8, 4) is 0 Å². The van der Waals surface area contributed by atoms with Gasteiger partial charge in [-0.25, -0.2) is 8.42 Å². The van der Waals surface area contributed by atoms with Crippen LogP contribution in [0.2, 0.25) is 0 Å². The molecule has 2 aliphatic rings. The van der Waals surface area contributed by atoms with Crippen LogP contribution in [0.4, 0.5) is 0 Å².